The Hall–Kier alpha value is -2.08. The fourth-order valence-electron chi connectivity index (χ4n) is 1.70. The second-order valence-corrected chi connectivity index (χ2v) is 7.09. The van der Waals surface area contributed by atoms with E-state index in [9.17, 15) is 26.4 Å². The molecule has 5 nitrogen and oxygen atoms in total. The van der Waals surface area contributed by atoms with Gasteiger partial charge < -0.3 is 4.90 Å². The first-order valence-corrected chi connectivity index (χ1v) is 8.35. The predicted octanol–water partition coefficient (Wildman–Crippen LogP) is 1.88. The third-order valence-electron chi connectivity index (χ3n) is 2.97. The van der Waals surface area contributed by atoms with Crippen molar-refractivity contribution in [3.05, 3.63) is 35.4 Å². The summed E-state index contributed by atoms with van der Waals surface area (Å²) in [5, 5.41) is 8.65. The molecule has 0 aliphatic rings. The Kier molecular flexibility index (Phi) is 6.15. The minimum atomic E-state index is -4.41. The van der Waals surface area contributed by atoms with Gasteiger partial charge in [0.25, 0.3) is 0 Å². The summed E-state index contributed by atoms with van der Waals surface area (Å²) in [6, 6.07) is 7.69. The quantitative estimate of drug-likeness (QED) is 0.786. The molecule has 23 heavy (non-hydrogen) atoms. The van der Waals surface area contributed by atoms with Crippen LogP contribution in [0.4, 0.5) is 13.2 Å². The molecule has 0 heterocycles. The highest BCUT2D eigenvalue weighted by molar-refractivity contribution is 7.91. The number of amides is 1. The van der Waals surface area contributed by atoms with Gasteiger partial charge in [-0.05, 0) is 17.7 Å². The highest BCUT2D eigenvalue weighted by atomic mass is 32.2. The summed E-state index contributed by atoms with van der Waals surface area (Å²) in [7, 11) is -2.68. The largest absolute Gasteiger partial charge is 0.390 e. The molecule has 0 saturated carbocycles. The Balaban J connectivity index is 2.63. The zero-order chi connectivity index (χ0) is 17.7. The summed E-state index contributed by atoms with van der Waals surface area (Å²) in [4.78, 5) is 12.5. The minimum absolute atomic E-state index is 0.370. The number of hydrogen-bond donors (Lipinski definition) is 0. The van der Waals surface area contributed by atoms with Gasteiger partial charge in [0.2, 0.25) is 5.91 Å². The lowest BCUT2D eigenvalue weighted by Gasteiger charge is -2.18. The highest BCUT2D eigenvalue weighted by Crippen LogP contribution is 2.19. The van der Waals surface area contributed by atoms with Gasteiger partial charge in [0.05, 0.1) is 23.8 Å². The average Bonchev–Trinajstić information content (AvgIpc) is 2.43. The van der Waals surface area contributed by atoms with Crippen molar-refractivity contribution >= 4 is 15.7 Å². The average molecular weight is 348 g/mol. The van der Waals surface area contributed by atoms with Gasteiger partial charge in [-0.2, -0.15) is 18.4 Å². The molecule has 1 rings (SSSR count). The van der Waals surface area contributed by atoms with Crippen LogP contribution in [0.2, 0.25) is 0 Å². The minimum Gasteiger partial charge on any atom is -0.345 e. The molecule has 0 aliphatic carbocycles. The number of carbonyl (C=O) groups excluding carboxylic acids is 1. The number of alkyl halides is 3. The lowest BCUT2D eigenvalue weighted by atomic mass is 10.2. The van der Waals surface area contributed by atoms with E-state index < -0.39 is 46.4 Å². The Labute approximate surface area is 132 Å². The molecule has 0 aliphatic heterocycles. The van der Waals surface area contributed by atoms with E-state index in [0.717, 1.165) is 11.9 Å². The number of halogens is 3. The second kappa shape index (κ2) is 7.46. The molecular formula is C14H15F3N2O3S. The molecule has 9 heteroatoms. The van der Waals surface area contributed by atoms with Crippen LogP contribution in [0, 0.1) is 11.3 Å². The van der Waals surface area contributed by atoms with E-state index in [2.05, 4.69) is 0 Å². The molecule has 0 saturated heterocycles. The van der Waals surface area contributed by atoms with Gasteiger partial charge in [0, 0.05) is 13.6 Å². The Morgan fingerprint density at radius 2 is 1.83 bits per heavy atom. The third kappa shape index (κ3) is 7.15. The van der Waals surface area contributed by atoms with E-state index >= 15 is 0 Å². The monoisotopic (exact) mass is 348 g/mol. The first kappa shape index (κ1) is 19.0. The summed E-state index contributed by atoms with van der Waals surface area (Å²) >= 11 is 0. The lowest BCUT2D eigenvalue weighted by Crippen LogP contribution is -2.35. The van der Waals surface area contributed by atoms with Gasteiger partial charge in [-0.25, -0.2) is 8.42 Å². The van der Waals surface area contributed by atoms with Crippen LogP contribution in [0.1, 0.15) is 17.5 Å². The van der Waals surface area contributed by atoms with Gasteiger partial charge in [-0.15, -0.1) is 0 Å². The van der Waals surface area contributed by atoms with E-state index in [1.807, 2.05) is 6.07 Å². The smallest absolute Gasteiger partial charge is 0.345 e. The van der Waals surface area contributed by atoms with E-state index in [4.69, 9.17) is 5.26 Å². The molecule has 0 fully saturated rings. The molecule has 1 aromatic rings. The van der Waals surface area contributed by atoms with Crippen LogP contribution in [-0.4, -0.2) is 44.7 Å². The molecule has 0 N–H and O–H groups in total. The highest BCUT2D eigenvalue weighted by Gasteiger charge is 2.29. The maximum Gasteiger partial charge on any atom is 0.390 e. The summed E-state index contributed by atoms with van der Waals surface area (Å²) < 4.78 is 60.1. The van der Waals surface area contributed by atoms with Gasteiger partial charge in [0.15, 0.2) is 9.84 Å². The van der Waals surface area contributed by atoms with Crippen molar-refractivity contribution in [2.24, 2.45) is 0 Å². The standard InChI is InChI=1S/C14H15F3N2O3S/c1-19(7-6-14(15,16)17)13(20)10-23(21,22)9-12-4-2-11(8-18)3-5-12/h2-5H,6-7,9-10H2,1H3. The van der Waals surface area contributed by atoms with Crippen LogP contribution in [0.25, 0.3) is 0 Å². The van der Waals surface area contributed by atoms with Crippen molar-refractivity contribution < 1.29 is 26.4 Å². The van der Waals surface area contributed by atoms with Gasteiger partial charge in [0.1, 0.15) is 5.75 Å². The van der Waals surface area contributed by atoms with Crippen LogP contribution in [0.3, 0.4) is 0 Å². The van der Waals surface area contributed by atoms with Crippen LogP contribution >= 0.6 is 0 Å². The van der Waals surface area contributed by atoms with Crippen LogP contribution in [0.15, 0.2) is 24.3 Å². The van der Waals surface area contributed by atoms with Gasteiger partial charge in [-0.1, -0.05) is 12.1 Å². The maximum atomic E-state index is 12.1. The fourth-order valence-corrected chi connectivity index (χ4v) is 3.10. The number of benzene rings is 1. The van der Waals surface area contributed by atoms with Crippen molar-refractivity contribution in [2.75, 3.05) is 19.3 Å². The van der Waals surface area contributed by atoms with Crippen molar-refractivity contribution in [1.29, 1.82) is 5.26 Å². The number of carbonyl (C=O) groups is 1. The summed E-state index contributed by atoms with van der Waals surface area (Å²) in [6.45, 7) is -0.589. The van der Waals surface area contributed by atoms with Crippen LogP contribution < -0.4 is 0 Å². The molecule has 1 aromatic carbocycles. The summed E-state index contributed by atoms with van der Waals surface area (Å²) in [6.07, 6.45) is -5.60. The molecule has 0 atom stereocenters. The van der Waals surface area contributed by atoms with Gasteiger partial charge in [-0.3, -0.25) is 4.79 Å². The van der Waals surface area contributed by atoms with E-state index in [0.29, 0.717) is 11.1 Å². The van der Waals surface area contributed by atoms with E-state index in [-0.39, 0.29) is 0 Å². The number of sulfone groups is 1. The van der Waals surface area contributed by atoms with Crippen LogP contribution in [-0.2, 0) is 20.4 Å². The molecule has 1 amide bonds. The predicted molar refractivity (Wildman–Crippen MR) is 77.0 cm³/mol. The first-order valence-electron chi connectivity index (χ1n) is 6.52. The first-order chi connectivity index (χ1) is 10.5. The SMILES string of the molecule is CN(CCC(F)(F)F)C(=O)CS(=O)(=O)Cc1ccc(C#N)cc1. The van der Waals surface area contributed by atoms with Crippen molar-refractivity contribution in [3.63, 3.8) is 0 Å². The molecular weight excluding hydrogens is 333 g/mol. The Bertz CT molecular complexity index is 691. The van der Waals surface area contributed by atoms with Gasteiger partial charge >= 0.3 is 6.18 Å². The molecule has 0 aromatic heterocycles. The number of nitrogens with zero attached hydrogens (tertiary/aromatic N) is 2. The molecule has 0 radical (unpaired) electrons. The van der Waals surface area contributed by atoms with Crippen molar-refractivity contribution in [1.82, 2.24) is 4.90 Å². The zero-order valence-corrected chi connectivity index (χ0v) is 13.1. The van der Waals surface area contributed by atoms with E-state index in [1.165, 1.54) is 24.3 Å². The molecule has 0 unspecified atom stereocenters. The topological polar surface area (TPSA) is 78.2 Å². The fraction of sp³-hybridized carbons (Fsp3) is 0.429. The Morgan fingerprint density at radius 3 is 2.30 bits per heavy atom. The molecule has 126 valence electrons. The molecule has 0 bridgehead atoms. The Morgan fingerprint density at radius 1 is 1.26 bits per heavy atom. The normalized spacial score (nSPS) is 11.8. The summed E-state index contributed by atoms with van der Waals surface area (Å²) in [5.41, 5.74) is 0.767. The van der Waals surface area contributed by atoms with Crippen molar-refractivity contribution in [2.45, 2.75) is 18.3 Å². The maximum absolute atomic E-state index is 12.1. The lowest BCUT2D eigenvalue weighted by molar-refractivity contribution is -0.142. The zero-order valence-electron chi connectivity index (χ0n) is 12.3. The number of rotatable bonds is 6. The van der Waals surface area contributed by atoms with Crippen LogP contribution in [0.5, 0.6) is 0 Å². The third-order valence-corrected chi connectivity index (χ3v) is 4.43. The number of nitriles is 1. The molecule has 0 spiro atoms. The second-order valence-electron chi connectivity index (χ2n) is 5.02. The van der Waals surface area contributed by atoms with E-state index in [1.54, 1.807) is 0 Å². The van der Waals surface area contributed by atoms with Crippen molar-refractivity contribution in [3.8, 4) is 6.07 Å². The number of hydrogen-bond acceptors (Lipinski definition) is 4. The summed E-state index contributed by atoms with van der Waals surface area (Å²) in [5.74, 6) is -2.17.